The summed E-state index contributed by atoms with van der Waals surface area (Å²) < 4.78 is 11.7. The Morgan fingerprint density at radius 1 is 1.33 bits per heavy atom. The first-order chi connectivity index (χ1) is 12.1. The summed E-state index contributed by atoms with van der Waals surface area (Å²) in [5.41, 5.74) is 0.605. The molecule has 27 heavy (non-hydrogen) atoms. The van der Waals surface area contributed by atoms with Gasteiger partial charge in [0.05, 0.1) is 49.9 Å². The quantitative estimate of drug-likeness (QED) is 0.370. The van der Waals surface area contributed by atoms with E-state index in [4.69, 9.17) is 36.0 Å². The van der Waals surface area contributed by atoms with Crippen LogP contribution in [-0.2, 0) is 4.57 Å². The van der Waals surface area contributed by atoms with E-state index in [0.29, 0.717) is 20.4 Å². The van der Waals surface area contributed by atoms with Gasteiger partial charge in [-0.2, -0.15) is 0 Å². The first-order valence-electron chi connectivity index (χ1n) is 7.45. The second kappa shape index (κ2) is 10.5. The van der Waals surface area contributed by atoms with E-state index in [1.54, 1.807) is 12.1 Å². The van der Waals surface area contributed by atoms with Crippen LogP contribution in [0.1, 0.15) is 11.7 Å². The van der Waals surface area contributed by atoms with Gasteiger partial charge in [0.25, 0.3) is 7.82 Å². The van der Waals surface area contributed by atoms with Crippen LogP contribution in [0.15, 0.2) is 22.8 Å². The van der Waals surface area contributed by atoms with Gasteiger partial charge in [-0.05, 0) is 28.1 Å². The SMILES string of the molecule is CC(=O)n1cc(O)c2c(Cl)c(Br)ccc21.C[N+](C)(C)CCO.O=P([O-])(O)O. The van der Waals surface area contributed by atoms with Gasteiger partial charge in [-0.1, -0.05) is 11.6 Å². The average Bonchev–Trinajstić information content (AvgIpc) is 2.78. The predicted octanol–water partition coefficient (Wildman–Crippen LogP) is 1.55. The second-order valence-electron chi connectivity index (χ2n) is 6.39. The number of carbonyl (C=O) groups is 1. The number of fused-ring (bicyclic) bond motifs is 1. The van der Waals surface area contributed by atoms with E-state index in [2.05, 4.69) is 37.1 Å². The number of quaternary nitrogens is 1. The molecule has 0 aliphatic rings. The molecule has 4 N–H and O–H groups in total. The van der Waals surface area contributed by atoms with Crippen molar-refractivity contribution in [3.63, 3.8) is 0 Å². The third-order valence-corrected chi connectivity index (χ3v) is 4.23. The lowest BCUT2D eigenvalue weighted by molar-refractivity contribution is -0.870. The van der Waals surface area contributed by atoms with Crippen LogP contribution in [0, 0.1) is 0 Å². The van der Waals surface area contributed by atoms with E-state index < -0.39 is 7.82 Å². The van der Waals surface area contributed by atoms with Crippen LogP contribution in [0.5, 0.6) is 5.75 Å². The summed E-state index contributed by atoms with van der Waals surface area (Å²) in [6.07, 6.45) is 1.37. The Hall–Kier alpha value is -0.970. The van der Waals surface area contributed by atoms with E-state index in [0.717, 1.165) is 11.0 Å². The van der Waals surface area contributed by atoms with Gasteiger partial charge in [-0.3, -0.25) is 13.9 Å². The minimum absolute atomic E-state index is 0.00602. The zero-order valence-corrected chi connectivity index (χ0v) is 18.5. The number of nitrogens with zero attached hydrogens (tertiary/aromatic N) is 2. The van der Waals surface area contributed by atoms with E-state index in [9.17, 15) is 9.90 Å². The molecule has 2 aromatic rings. The van der Waals surface area contributed by atoms with Gasteiger partial charge in [-0.15, -0.1) is 0 Å². The molecule has 0 aliphatic heterocycles. The highest BCUT2D eigenvalue weighted by Gasteiger charge is 2.14. The molecule has 1 aromatic carbocycles. The minimum atomic E-state index is -4.89. The molecule has 9 nitrogen and oxygen atoms in total. The third kappa shape index (κ3) is 10.2. The molecule has 0 spiro atoms. The molecule has 0 saturated heterocycles. The van der Waals surface area contributed by atoms with Gasteiger partial charge >= 0.3 is 0 Å². The number of likely N-dealkylation sites (N-methyl/N-ethyl adjacent to an activating group) is 1. The Kier molecular flexibility index (Phi) is 10.2. The lowest BCUT2D eigenvalue weighted by Crippen LogP contribution is -2.36. The van der Waals surface area contributed by atoms with Crippen LogP contribution in [0.4, 0.5) is 0 Å². The maximum atomic E-state index is 11.3. The first-order valence-corrected chi connectivity index (χ1v) is 10.2. The van der Waals surface area contributed by atoms with Crippen molar-refractivity contribution in [3.8, 4) is 5.75 Å². The minimum Gasteiger partial charge on any atom is -0.756 e. The average molecular weight is 490 g/mol. The number of rotatable bonds is 2. The molecule has 0 unspecified atom stereocenters. The van der Waals surface area contributed by atoms with Crippen molar-refractivity contribution >= 4 is 52.2 Å². The topological polar surface area (TPSA) is 143 Å². The maximum absolute atomic E-state index is 11.3. The molecular weight excluding hydrogens is 467 g/mol. The Morgan fingerprint density at radius 2 is 1.81 bits per heavy atom. The third-order valence-electron chi connectivity index (χ3n) is 2.95. The number of aromatic nitrogens is 1. The smallest absolute Gasteiger partial charge is 0.262 e. The van der Waals surface area contributed by atoms with Gasteiger partial charge in [-0.25, -0.2) is 0 Å². The lowest BCUT2D eigenvalue weighted by atomic mass is 10.2. The van der Waals surface area contributed by atoms with Gasteiger partial charge in [0, 0.05) is 11.4 Å². The van der Waals surface area contributed by atoms with Crippen molar-refractivity contribution in [2.24, 2.45) is 0 Å². The van der Waals surface area contributed by atoms with Gasteiger partial charge in [0.15, 0.2) is 0 Å². The van der Waals surface area contributed by atoms with E-state index in [1.807, 2.05) is 0 Å². The molecule has 0 fully saturated rings. The summed E-state index contributed by atoms with van der Waals surface area (Å²) in [7, 11) is 1.27. The Bertz CT molecular complexity index is 821. The summed E-state index contributed by atoms with van der Waals surface area (Å²) >= 11 is 9.28. The molecule has 1 heterocycles. The monoisotopic (exact) mass is 488 g/mol. The van der Waals surface area contributed by atoms with Crippen LogP contribution < -0.4 is 4.89 Å². The molecule has 0 amide bonds. The Labute approximate surface area is 170 Å². The molecule has 0 aliphatic carbocycles. The Morgan fingerprint density at radius 3 is 2.15 bits per heavy atom. The van der Waals surface area contributed by atoms with Crippen molar-refractivity contribution in [2.75, 3.05) is 34.3 Å². The van der Waals surface area contributed by atoms with Crippen LogP contribution >= 0.6 is 35.4 Å². The molecule has 154 valence electrons. The second-order valence-corrected chi connectivity index (χ2v) is 8.60. The van der Waals surface area contributed by atoms with Gasteiger partial charge in [0.1, 0.15) is 12.3 Å². The number of aliphatic hydroxyl groups is 1. The molecule has 1 aromatic heterocycles. The number of benzene rings is 1. The molecule has 12 heteroatoms. The van der Waals surface area contributed by atoms with Crippen LogP contribution in [0.25, 0.3) is 10.9 Å². The maximum Gasteiger partial charge on any atom is 0.262 e. The summed E-state index contributed by atoms with van der Waals surface area (Å²) in [5, 5.41) is 18.9. The fourth-order valence-electron chi connectivity index (χ4n) is 1.80. The highest BCUT2D eigenvalue weighted by Crippen LogP contribution is 2.37. The first kappa shape index (κ1) is 26.0. The molecule has 2 rings (SSSR count). The zero-order valence-electron chi connectivity index (χ0n) is 15.3. The van der Waals surface area contributed by atoms with Crippen molar-refractivity contribution in [2.45, 2.75) is 6.92 Å². The van der Waals surface area contributed by atoms with Crippen LogP contribution in [-0.4, -0.2) is 69.3 Å². The fraction of sp³-hybridized carbons (Fsp3) is 0.400. The molecule has 0 radical (unpaired) electrons. The summed E-state index contributed by atoms with van der Waals surface area (Å²) in [5.74, 6) is -0.162. The van der Waals surface area contributed by atoms with Crippen molar-refractivity contribution in [1.82, 2.24) is 4.57 Å². The van der Waals surface area contributed by atoms with Crippen molar-refractivity contribution < 1.29 is 38.7 Å². The van der Waals surface area contributed by atoms with Crippen LogP contribution in [0.3, 0.4) is 0 Å². The fourth-order valence-corrected chi connectivity index (χ4v) is 2.39. The number of carbonyl (C=O) groups excluding carboxylic acids is 1. The number of hydrogen-bond acceptors (Lipinski definition) is 5. The van der Waals surface area contributed by atoms with Gasteiger partial charge in [0.2, 0.25) is 5.91 Å². The number of hydrogen-bond donors (Lipinski definition) is 4. The normalized spacial score (nSPS) is 11.3. The highest BCUT2D eigenvalue weighted by molar-refractivity contribution is 9.10. The van der Waals surface area contributed by atoms with E-state index in [1.165, 1.54) is 17.7 Å². The van der Waals surface area contributed by atoms with Crippen molar-refractivity contribution in [1.29, 1.82) is 0 Å². The molecule has 0 bridgehead atoms. The number of aromatic hydroxyl groups is 1. The number of phosphoric acid groups is 1. The van der Waals surface area contributed by atoms with Crippen molar-refractivity contribution in [3.05, 3.63) is 27.8 Å². The number of halogens is 2. The standard InChI is InChI=1S/C10H7BrClNO2.C5H14NO.H3O4P/c1-5(14)13-4-8(15)9-7(13)3-2-6(11)10(9)12;1-6(2,3)4-5-7;1-5(2,3)4/h2-4,15H,1H3;7H,4-5H2,1-3H3;(H3,1,2,3,4)/q;+1;/p-1. The number of aliphatic hydroxyl groups excluding tert-OH is 1. The lowest BCUT2D eigenvalue weighted by Gasteiger charge is -2.21. The zero-order chi connectivity index (χ0) is 21.6. The summed E-state index contributed by atoms with van der Waals surface area (Å²) in [6, 6.07) is 3.47. The van der Waals surface area contributed by atoms with Gasteiger partial charge < -0.3 is 29.4 Å². The Balaban J connectivity index is 0.000000472. The van der Waals surface area contributed by atoms with E-state index in [-0.39, 0.29) is 18.3 Å². The highest BCUT2D eigenvalue weighted by atomic mass is 79.9. The molecule has 0 atom stereocenters. The van der Waals surface area contributed by atoms with E-state index >= 15 is 0 Å². The molecular formula is C15H23BrClN2O7P. The largest absolute Gasteiger partial charge is 0.756 e. The predicted molar refractivity (Wildman–Crippen MR) is 105 cm³/mol. The van der Waals surface area contributed by atoms with Crippen LogP contribution in [0.2, 0.25) is 5.02 Å². The molecule has 0 saturated carbocycles. The summed E-state index contributed by atoms with van der Waals surface area (Å²) in [4.78, 5) is 34.2. The summed E-state index contributed by atoms with van der Waals surface area (Å²) in [6.45, 7) is 2.54.